The largest absolute Gasteiger partial charge is 0.460 e. The van der Waals surface area contributed by atoms with Crippen LogP contribution in [0.15, 0.2) is 45.7 Å². The lowest BCUT2D eigenvalue weighted by molar-refractivity contribution is -0.143. The third-order valence-electron chi connectivity index (χ3n) is 4.08. The number of aromatic nitrogens is 3. The molecular weight excluding hydrogens is 364 g/mol. The smallest absolute Gasteiger partial charge is 0.337 e. The lowest BCUT2D eigenvalue weighted by Gasteiger charge is -2.29. The molecule has 2 aromatic heterocycles. The lowest BCUT2D eigenvalue weighted by Crippen LogP contribution is -2.31. The number of H-pyrrole nitrogens is 1. The second-order valence-electron chi connectivity index (χ2n) is 6.40. The zero-order chi connectivity index (χ0) is 19.6. The Morgan fingerprint density at radius 2 is 2.19 bits per heavy atom. The average Bonchev–Trinajstić information content (AvgIpc) is 2.60. The third-order valence-corrected chi connectivity index (χ3v) is 4.84. The van der Waals surface area contributed by atoms with Crippen LogP contribution in [-0.4, -0.2) is 32.8 Å². The topological polar surface area (TPSA) is 97.0 Å². The number of ether oxygens (including phenoxy) is 1. The minimum Gasteiger partial charge on any atom is -0.460 e. The Labute approximate surface area is 161 Å². The van der Waals surface area contributed by atoms with Crippen LogP contribution >= 0.6 is 11.8 Å². The summed E-state index contributed by atoms with van der Waals surface area (Å²) in [4.78, 5) is 37.2. The molecule has 0 bridgehead atoms. The van der Waals surface area contributed by atoms with E-state index in [4.69, 9.17) is 4.74 Å². The molecule has 0 unspecified atom stereocenters. The predicted octanol–water partition coefficient (Wildman–Crippen LogP) is 3.06. The van der Waals surface area contributed by atoms with E-state index in [0.29, 0.717) is 27.8 Å². The number of esters is 1. The summed E-state index contributed by atoms with van der Waals surface area (Å²) in [7, 11) is 0. The van der Waals surface area contributed by atoms with E-state index < -0.39 is 11.9 Å². The molecule has 142 valence electrons. The quantitative estimate of drug-likeness (QED) is 0.463. The Bertz CT molecular complexity index is 938. The molecule has 0 saturated carbocycles. The molecule has 2 aromatic rings. The first-order valence-corrected chi connectivity index (χ1v) is 9.76. The summed E-state index contributed by atoms with van der Waals surface area (Å²) in [5, 5.41) is 3.66. The fraction of sp³-hybridized carbons (Fsp3) is 0.368. The van der Waals surface area contributed by atoms with Gasteiger partial charge in [0.05, 0.1) is 23.2 Å². The minimum atomic E-state index is -0.599. The SMILES string of the molecule is CCSc1nc2c(c(=O)[nH]1)[C@H](c1cccnc1)C(C(=O)OC(C)C)=C(C)N2. The van der Waals surface area contributed by atoms with Crippen LogP contribution in [-0.2, 0) is 9.53 Å². The van der Waals surface area contributed by atoms with Crippen LogP contribution < -0.4 is 10.9 Å². The van der Waals surface area contributed by atoms with Crippen molar-refractivity contribution in [2.24, 2.45) is 0 Å². The lowest BCUT2D eigenvalue weighted by atomic mass is 9.83. The van der Waals surface area contributed by atoms with Crippen molar-refractivity contribution < 1.29 is 9.53 Å². The number of fused-ring (bicyclic) bond motifs is 1. The van der Waals surface area contributed by atoms with Gasteiger partial charge in [0, 0.05) is 18.1 Å². The second kappa shape index (κ2) is 7.96. The Balaban J connectivity index is 2.20. The predicted molar refractivity (Wildman–Crippen MR) is 105 cm³/mol. The van der Waals surface area contributed by atoms with Crippen LogP contribution in [0.2, 0.25) is 0 Å². The highest BCUT2D eigenvalue weighted by Gasteiger charge is 2.36. The molecule has 0 saturated heterocycles. The second-order valence-corrected chi connectivity index (χ2v) is 7.66. The van der Waals surface area contributed by atoms with Crippen LogP contribution in [0.1, 0.15) is 44.7 Å². The highest BCUT2D eigenvalue weighted by atomic mass is 32.2. The Hall–Kier alpha value is -2.61. The number of anilines is 1. The number of hydrogen-bond donors (Lipinski definition) is 2. The van der Waals surface area contributed by atoms with Crippen LogP contribution in [0.4, 0.5) is 5.82 Å². The molecule has 1 aliphatic heterocycles. The number of carbonyl (C=O) groups excluding carboxylic acids is 1. The molecule has 8 heteroatoms. The van der Waals surface area contributed by atoms with Crippen molar-refractivity contribution in [2.75, 3.05) is 11.1 Å². The van der Waals surface area contributed by atoms with E-state index in [1.54, 1.807) is 39.2 Å². The van der Waals surface area contributed by atoms with Gasteiger partial charge in [-0.25, -0.2) is 9.78 Å². The number of carbonyl (C=O) groups is 1. The Kier molecular flexibility index (Phi) is 5.65. The maximum Gasteiger partial charge on any atom is 0.337 e. The molecule has 0 aliphatic carbocycles. The molecule has 0 aromatic carbocycles. The standard InChI is InChI=1S/C19H22N4O3S/c1-5-27-19-22-16-15(17(24)23-19)14(12-7-6-8-20-9-12)13(11(4)21-16)18(25)26-10(2)3/h6-10,14H,5H2,1-4H3,(H2,21,22,23,24)/t14-/m1/s1. The number of pyridine rings is 1. The summed E-state index contributed by atoms with van der Waals surface area (Å²) >= 11 is 1.45. The van der Waals surface area contributed by atoms with Gasteiger partial charge in [-0.2, -0.15) is 0 Å². The van der Waals surface area contributed by atoms with Crippen molar-refractivity contribution in [3.63, 3.8) is 0 Å². The normalized spacial score (nSPS) is 16.1. The molecule has 2 N–H and O–H groups in total. The molecule has 1 aliphatic rings. The molecule has 27 heavy (non-hydrogen) atoms. The highest BCUT2D eigenvalue weighted by Crippen LogP contribution is 2.39. The van der Waals surface area contributed by atoms with Gasteiger partial charge in [-0.15, -0.1) is 0 Å². The van der Waals surface area contributed by atoms with Gasteiger partial charge in [0.1, 0.15) is 5.82 Å². The molecule has 3 rings (SSSR count). The van der Waals surface area contributed by atoms with E-state index in [-0.39, 0.29) is 11.7 Å². The molecule has 0 spiro atoms. The zero-order valence-corrected chi connectivity index (χ0v) is 16.5. The van der Waals surface area contributed by atoms with Crippen molar-refractivity contribution in [3.8, 4) is 0 Å². The first kappa shape index (κ1) is 19.2. The number of nitrogens with zero attached hydrogens (tertiary/aromatic N) is 2. The number of rotatable bonds is 5. The maximum absolute atomic E-state index is 12.9. The van der Waals surface area contributed by atoms with Gasteiger partial charge < -0.3 is 15.0 Å². The molecule has 0 fully saturated rings. The Morgan fingerprint density at radius 3 is 2.81 bits per heavy atom. The minimum absolute atomic E-state index is 0.270. The number of nitrogens with one attached hydrogen (secondary N) is 2. The molecule has 0 amide bonds. The number of aromatic amines is 1. The number of allylic oxidation sites excluding steroid dienone is 1. The van der Waals surface area contributed by atoms with Gasteiger partial charge in [-0.05, 0) is 38.2 Å². The Morgan fingerprint density at radius 1 is 1.41 bits per heavy atom. The summed E-state index contributed by atoms with van der Waals surface area (Å²) in [6.07, 6.45) is 3.04. The summed E-state index contributed by atoms with van der Waals surface area (Å²) < 4.78 is 5.44. The van der Waals surface area contributed by atoms with Crippen LogP contribution in [0.25, 0.3) is 0 Å². The van der Waals surface area contributed by atoms with Gasteiger partial charge in [0.25, 0.3) is 5.56 Å². The van der Waals surface area contributed by atoms with Gasteiger partial charge in [-0.3, -0.25) is 9.78 Å². The highest BCUT2D eigenvalue weighted by molar-refractivity contribution is 7.99. The van der Waals surface area contributed by atoms with E-state index in [0.717, 1.165) is 11.3 Å². The van der Waals surface area contributed by atoms with E-state index >= 15 is 0 Å². The monoisotopic (exact) mass is 386 g/mol. The summed E-state index contributed by atoms with van der Waals surface area (Å²) in [5.41, 5.74) is 1.86. The third kappa shape index (κ3) is 3.90. The van der Waals surface area contributed by atoms with Crippen LogP contribution in [0.5, 0.6) is 0 Å². The van der Waals surface area contributed by atoms with Crippen LogP contribution in [0.3, 0.4) is 0 Å². The molecule has 0 radical (unpaired) electrons. The van der Waals surface area contributed by atoms with Crippen molar-refractivity contribution in [1.29, 1.82) is 0 Å². The number of hydrogen-bond acceptors (Lipinski definition) is 7. The summed E-state index contributed by atoms with van der Waals surface area (Å²) in [6.45, 7) is 7.36. The van der Waals surface area contributed by atoms with Gasteiger partial charge in [-0.1, -0.05) is 24.8 Å². The summed E-state index contributed by atoms with van der Waals surface area (Å²) in [6, 6.07) is 3.62. The zero-order valence-electron chi connectivity index (χ0n) is 15.7. The van der Waals surface area contributed by atoms with Crippen molar-refractivity contribution in [2.45, 2.75) is 44.9 Å². The van der Waals surface area contributed by atoms with Crippen molar-refractivity contribution in [3.05, 3.63) is 57.3 Å². The van der Waals surface area contributed by atoms with Gasteiger partial charge in [0.2, 0.25) is 0 Å². The van der Waals surface area contributed by atoms with E-state index in [9.17, 15) is 9.59 Å². The molecular formula is C19H22N4O3S. The van der Waals surface area contributed by atoms with E-state index in [1.807, 2.05) is 13.0 Å². The van der Waals surface area contributed by atoms with Crippen LogP contribution in [0, 0.1) is 0 Å². The average molecular weight is 386 g/mol. The fourth-order valence-electron chi connectivity index (χ4n) is 3.06. The van der Waals surface area contributed by atoms with E-state index in [1.165, 1.54) is 11.8 Å². The van der Waals surface area contributed by atoms with Crippen molar-refractivity contribution in [1.82, 2.24) is 15.0 Å². The number of thioether (sulfide) groups is 1. The molecule has 7 nitrogen and oxygen atoms in total. The maximum atomic E-state index is 12.9. The molecule has 3 heterocycles. The first-order valence-electron chi connectivity index (χ1n) is 8.78. The van der Waals surface area contributed by atoms with Crippen molar-refractivity contribution >= 4 is 23.5 Å². The fourth-order valence-corrected chi connectivity index (χ4v) is 3.66. The molecule has 1 atom stereocenters. The van der Waals surface area contributed by atoms with E-state index in [2.05, 4.69) is 20.3 Å². The first-order chi connectivity index (χ1) is 12.9. The summed E-state index contributed by atoms with van der Waals surface area (Å²) in [5.74, 6) is 0.190. The van der Waals surface area contributed by atoms with Gasteiger partial charge in [0.15, 0.2) is 5.16 Å². The van der Waals surface area contributed by atoms with Gasteiger partial charge >= 0.3 is 5.97 Å².